The fraction of sp³-hybridized carbons (Fsp3) is 0.200. The molecule has 18 heavy (non-hydrogen) atoms. The van der Waals surface area contributed by atoms with Gasteiger partial charge < -0.3 is 5.32 Å². The van der Waals surface area contributed by atoms with E-state index in [0.29, 0.717) is 11.6 Å². The second kappa shape index (κ2) is 5.33. The SMILES string of the molecule is CC(C)c1ccccc1Nc1ccnc(C#N)c1. The lowest BCUT2D eigenvalue weighted by Crippen LogP contribution is -1.98. The molecule has 0 fully saturated rings. The van der Waals surface area contributed by atoms with Gasteiger partial charge in [0.2, 0.25) is 0 Å². The molecule has 0 bridgehead atoms. The Morgan fingerprint density at radius 2 is 2.00 bits per heavy atom. The largest absolute Gasteiger partial charge is 0.355 e. The van der Waals surface area contributed by atoms with Crippen LogP contribution in [0.15, 0.2) is 42.6 Å². The van der Waals surface area contributed by atoms with Gasteiger partial charge in [-0.25, -0.2) is 4.98 Å². The first kappa shape index (κ1) is 12.1. The molecule has 0 saturated carbocycles. The van der Waals surface area contributed by atoms with Gasteiger partial charge in [0.1, 0.15) is 11.8 Å². The standard InChI is InChI=1S/C15H15N3/c1-11(2)14-5-3-4-6-15(14)18-12-7-8-17-13(9-12)10-16/h3-9,11H,1-2H3,(H,17,18). The molecule has 1 heterocycles. The van der Waals surface area contributed by atoms with Gasteiger partial charge in [-0.1, -0.05) is 32.0 Å². The van der Waals surface area contributed by atoms with E-state index < -0.39 is 0 Å². The summed E-state index contributed by atoms with van der Waals surface area (Å²) in [7, 11) is 0. The topological polar surface area (TPSA) is 48.7 Å². The molecule has 0 atom stereocenters. The van der Waals surface area contributed by atoms with Gasteiger partial charge in [-0.3, -0.25) is 0 Å². The highest BCUT2D eigenvalue weighted by Crippen LogP contribution is 2.26. The van der Waals surface area contributed by atoms with E-state index >= 15 is 0 Å². The Bertz CT molecular complexity index is 582. The minimum Gasteiger partial charge on any atom is -0.355 e. The van der Waals surface area contributed by atoms with Gasteiger partial charge >= 0.3 is 0 Å². The summed E-state index contributed by atoms with van der Waals surface area (Å²) in [5.74, 6) is 0.450. The Labute approximate surface area is 107 Å². The van der Waals surface area contributed by atoms with Crippen LogP contribution in [0.1, 0.15) is 31.0 Å². The molecule has 0 saturated heterocycles. The van der Waals surface area contributed by atoms with Crippen LogP contribution in [0.25, 0.3) is 0 Å². The quantitative estimate of drug-likeness (QED) is 0.882. The fourth-order valence-electron chi connectivity index (χ4n) is 1.84. The Morgan fingerprint density at radius 1 is 1.22 bits per heavy atom. The highest BCUT2D eigenvalue weighted by Gasteiger charge is 2.06. The average molecular weight is 237 g/mol. The number of nitrogens with zero attached hydrogens (tertiary/aromatic N) is 2. The van der Waals surface area contributed by atoms with Gasteiger partial charge in [0.15, 0.2) is 0 Å². The fourth-order valence-corrected chi connectivity index (χ4v) is 1.84. The monoisotopic (exact) mass is 237 g/mol. The third kappa shape index (κ3) is 2.67. The van der Waals surface area contributed by atoms with E-state index in [1.165, 1.54) is 5.56 Å². The Balaban J connectivity index is 2.31. The number of nitrogens with one attached hydrogen (secondary N) is 1. The molecule has 0 aliphatic carbocycles. The van der Waals surface area contributed by atoms with Crippen molar-refractivity contribution < 1.29 is 0 Å². The number of aromatic nitrogens is 1. The molecule has 0 radical (unpaired) electrons. The van der Waals surface area contributed by atoms with Crippen LogP contribution in [0.5, 0.6) is 0 Å². The van der Waals surface area contributed by atoms with Crippen LogP contribution in [0.2, 0.25) is 0 Å². The van der Waals surface area contributed by atoms with E-state index in [1.807, 2.05) is 30.3 Å². The molecule has 1 aromatic heterocycles. The molecule has 0 spiro atoms. The van der Waals surface area contributed by atoms with Crippen molar-refractivity contribution in [1.29, 1.82) is 5.26 Å². The molecular weight excluding hydrogens is 222 g/mol. The van der Waals surface area contributed by atoms with Crippen LogP contribution >= 0.6 is 0 Å². The molecule has 3 nitrogen and oxygen atoms in total. The zero-order chi connectivity index (χ0) is 13.0. The second-order valence-electron chi connectivity index (χ2n) is 4.41. The maximum atomic E-state index is 8.83. The van der Waals surface area contributed by atoms with Crippen molar-refractivity contribution in [1.82, 2.24) is 4.98 Å². The lowest BCUT2D eigenvalue weighted by molar-refractivity contribution is 0.869. The molecule has 0 unspecified atom stereocenters. The van der Waals surface area contributed by atoms with Gasteiger partial charge in [0, 0.05) is 17.6 Å². The second-order valence-corrected chi connectivity index (χ2v) is 4.41. The zero-order valence-corrected chi connectivity index (χ0v) is 10.5. The van der Waals surface area contributed by atoms with Crippen molar-refractivity contribution in [3.8, 4) is 6.07 Å². The first-order chi connectivity index (χ1) is 8.70. The van der Waals surface area contributed by atoms with Crippen LogP contribution in [0, 0.1) is 11.3 Å². The lowest BCUT2D eigenvalue weighted by Gasteiger charge is -2.14. The van der Waals surface area contributed by atoms with Crippen molar-refractivity contribution in [2.24, 2.45) is 0 Å². The molecule has 0 aliphatic rings. The van der Waals surface area contributed by atoms with E-state index in [-0.39, 0.29) is 0 Å². The third-order valence-corrected chi connectivity index (χ3v) is 2.74. The molecule has 2 rings (SSSR count). The molecule has 3 heteroatoms. The Kier molecular flexibility index (Phi) is 3.59. The van der Waals surface area contributed by atoms with Crippen molar-refractivity contribution in [2.75, 3.05) is 5.32 Å². The third-order valence-electron chi connectivity index (χ3n) is 2.74. The number of hydrogen-bond acceptors (Lipinski definition) is 3. The maximum Gasteiger partial charge on any atom is 0.142 e. The molecule has 0 aliphatic heterocycles. The summed E-state index contributed by atoms with van der Waals surface area (Å²) in [5.41, 5.74) is 3.63. The summed E-state index contributed by atoms with van der Waals surface area (Å²) in [6.07, 6.45) is 1.64. The molecule has 2 aromatic rings. The summed E-state index contributed by atoms with van der Waals surface area (Å²) in [6, 6.07) is 13.8. The van der Waals surface area contributed by atoms with Crippen LogP contribution in [-0.4, -0.2) is 4.98 Å². The van der Waals surface area contributed by atoms with Crippen molar-refractivity contribution in [3.63, 3.8) is 0 Å². The first-order valence-corrected chi connectivity index (χ1v) is 5.93. The smallest absolute Gasteiger partial charge is 0.142 e. The maximum absolute atomic E-state index is 8.83. The van der Waals surface area contributed by atoms with Crippen LogP contribution in [0.3, 0.4) is 0 Å². The first-order valence-electron chi connectivity index (χ1n) is 5.93. The minimum absolute atomic E-state index is 0.419. The summed E-state index contributed by atoms with van der Waals surface area (Å²) in [6.45, 7) is 4.32. The molecule has 0 amide bonds. The number of para-hydroxylation sites is 1. The molecule has 90 valence electrons. The summed E-state index contributed by atoms with van der Waals surface area (Å²) >= 11 is 0. The average Bonchev–Trinajstić information content (AvgIpc) is 2.39. The number of nitriles is 1. The molecule has 1 aromatic carbocycles. The molecular formula is C15H15N3. The van der Waals surface area contributed by atoms with E-state index in [4.69, 9.17) is 5.26 Å². The number of hydrogen-bond donors (Lipinski definition) is 1. The Morgan fingerprint density at radius 3 is 2.72 bits per heavy atom. The molecule has 1 N–H and O–H groups in total. The van der Waals surface area contributed by atoms with E-state index in [2.05, 4.69) is 30.2 Å². The van der Waals surface area contributed by atoms with Crippen LogP contribution in [-0.2, 0) is 0 Å². The zero-order valence-electron chi connectivity index (χ0n) is 10.5. The van der Waals surface area contributed by atoms with E-state index in [1.54, 1.807) is 12.3 Å². The highest BCUT2D eigenvalue weighted by molar-refractivity contribution is 5.64. The normalized spacial score (nSPS) is 10.1. The van der Waals surface area contributed by atoms with Gasteiger partial charge in [-0.2, -0.15) is 5.26 Å². The van der Waals surface area contributed by atoms with E-state index in [0.717, 1.165) is 11.4 Å². The van der Waals surface area contributed by atoms with Crippen LogP contribution < -0.4 is 5.32 Å². The highest BCUT2D eigenvalue weighted by atomic mass is 14.9. The predicted octanol–water partition coefficient (Wildman–Crippen LogP) is 3.82. The van der Waals surface area contributed by atoms with Gasteiger partial charge in [-0.05, 0) is 29.7 Å². The van der Waals surface area contributed by atoms with Gasteiger partial charge in [0.25, 0.3) is 0 Å². The summed E-state index contributed by atoms with van der Waals surface area (Å²) < 4.78 is 0. The van der Waals surface area contributed by atoms with Crippen LogP contribution in [0.4, 0.5) is 11.4 Å². The van der Waals surface area contributed by atoms with Gasteiger partial charge in [-0.15, -0.1) is 0 Å². The number of benzene rings is 1. The summed E-state index contributed by atoms with van der Waals surface area (Å²) in [4.78, 5) is 3.96. The van der Waals surface area contributed by atoms with Crippen molar-refractivity contribution >= 4 is 11.4 Å². The van der Waals surface area contributed by atoms with E-state index in [9.17, 15) is 0 Å². The van der Waals surface area contributed by atoms with Gasteiger partial charge in [0.05, 0.1) is 0 Å². The lowest BCUT2D eigenvalue weighted by atomic mass is 10.0. The summed E-state index contributed by atoms with van der Waals surface area (Å²) in [5, 5.41) is 12.2. The number of rotatable bonds is 3. The number of anilines is 2. The predicted molar refractivity (Wildman–Crippen MR) is 72.8 cm³/mol. The minimum atomic E-state index is 0.419. The number of pyridine rings is 1. The van der Waals surface area contributed by atoms with Crippen molar-refractivity contribution in [3.05, 3.63) is 53.9 Å². The van der Waals surface area contributed by atoms with Crippen molar-refractivity contribution in [2.45, 2.75) is 19.8 Å². The Hall–Kier alpha value is -2.34.